The minimum atomic E-state index is 0.150. The number of nitrogens with two attached hydrogens (primary N) is 2. The van der Waals surface area contributed by atoms with Crippen molar-refractivity contribution in [1.82, 2.24) is 9.97 Å². The van der Waals surface area contributed by atoms with Crippen molar-refractivity contribution in [3.63, 3.8) is 0 Å². The van der Waals surface area contributed by atoms with Crippen LogP contribution < -0.4 is 21.5 Å². The van der Waals surface area contributed by atoms with E-state index in [2.05, 4.69) is 15.3 Å². The molecule has 6 heteroatoms. The van der Waals surface area contributed by atoms with E-state index in [-0.39, 0.29) is 5.95 Å². The summed E-state index contributed by atoms with van der Waals surface area (Å²) in [6.45, 7) is 0.569. The molecule has 0 amide bonds. The van der Waals surface area contributed by atoms with Crippen LogP contribution in [0.4, 0.5) is 17.6 Å². The highest BCUT2D eigenvalue weighted by atomic mass is 16.5. The molecule has 0 saturated heterocycles. The Hall–Kier alpha value is -2.50. The highest BCUT2D eigenvalue weighted by Gasteiger charge is 2.03. The van der Waals surface area contributed by atoms with E-state index >= 15 is 0 Å². The molecule has 94 valence electrons. The third-order valence-corrected chi connectivity index (χ3v) is 2.42. The van der Waals surface area contributed by atoms with Crippen molar-refractivity contribution < 1.29 is 4.74 Å². The van der Waals surface area contributed by atoms with Gasteiger partial charge in [-0.1, -0.05) is 18.2 Å². The van der Waals surface area contributed by atoms with E-state index in [1.54, 1.807) is 13.2 Å². The monoisotopic (exact) mass is 245 g/mol. The molecule has 2 aromatic rings. The van der Waals surface area contributed by atoms with E-state index < -0.39 is 0 Å². The summed E-state index contributed by atoms with van der Waals surface area (Å²) in [5.41, 5.74) is 12.1. The summed E-state index contributed by atoms with van der Waals surface area (Å²) in [6.07, 6.45) is 0. The van der Waals surface area contributed by atoms with Gasteiger partial charge in [-0.15, -0.1) is 0 Å². The fraction of sp³-hybridized carbons (Fsp3) is 0.167. The van der Waals surface area contributed by atoms with Gasteiger partial charge in [0.15, 0.2) is 0 Å². The van der Waals surface area contributed by atoms with E-state index in [1.165, 1.54) is 0 Å². The maximum atomic E-state index is 5.59. The SMILES string of the molecule is COc1ccccc1CNc1cc(N)nc(N)n1. The molecule has 0 atom stereocenters. The Balaban J connectivity index is 2.11. The average molecular weight is 245 g/mol. The van der Waals surface area contributed by atoms with Crippen LogP contribution in [-0.2, 0) is 6.54 Å². The van der Waals surface area contributed by atoms with Gasteiger partial charge in [-0.3, -0.25) is 0 Å². The number of hydrogen-bond donors (Lipinski definition) is 3. The lowest BCUT2D eigenvalue weighted by atomic mass is 10.2. The van der Waals surface area contributed by atoms with Crippen LogP contribution in [0.1, 0.15) is 5.56 Å². The van der Waals surface area contributed by atoms with Gasteiger partial charge in [-0.05, 0) is 6.07 Å². The predicted molar refractivity (Wildman–Crippen MR) is 71.2 cm³/mol. The molecule has 0 aliphatic carbocycles. The number of rotatable bonds is 4. The third-order valence-electron chi connectivity index (χ3n) is 2.42. The standard InChI is InChI=1S/C12H15N5O/c1-18-9-5-3-2-4-8(9)7-15-11-6-10(13)16-12(14)17-11/h2-6H,7H2,1H3,(H5,13,14,15,16,17). The first kappa shape index (κ1) is 12.0. The van der Waals surface area contributed by atoms with Gasteiger partial charge in [0.1, 0.15) is 17.4 Å². The lowest BCUT2D eigenvalue weighted by molar-refractivity contribution is 0.410. The van der Waals surface area contributed by atoms with E-state index in [0.29, 0.717) is 18.2 Å². The van der Waals surface area contributed by atoms with E-state index in [0.717, 1.165) is 11.3 Å². The molecule has 1 aromatic carbocycles. The summed E-state index contributed by atoms with van der Waals surface area (Å²) in [6, 6.07) is 9.37. The zero-order valence-electron chi connectivity index (χ0n) is 10.1. The molecule has 2 rings (SSSR count). The van der Waals surface area contributed by atoms with Crippen LogP contribution in [-0.4, -0.2) is 17.1 Å². The van der Waals surface area contributed by atoms with Crippen molar-refractivity contribution in [2.75, 3.05) is 23.9 Å². The number of methoxy groups -OCH3 is 1. The van der Waals surface area contributed by atoms with E-state index in [9.17, 15) is 0 Å². The molecule has 5 N–H and O–H groups in total. The number of nitrogen functional groups attached to an aromatic ring is 2. The molecule has 0 aliphatic heterocycles. The average Bonchev–Trinajstić information content (AvgIpc) is 2.35. The van der Waals surface area contributed by atoms with Gasteiger partial charge in [0.25, 0.3) is 0 Å². The Morgan fingerprint density at radius 3 is 2.72 bits per heavy atom. The van der Waals surface area contributed by atoms with Crippen molar-refractivity contribution in [3.05, 3.63) is 35.9 Å². The van der Waals surface area contributed by atoms with Crippen molar-refractivity contribution in [2.24, 2.45) is 0 Å². The van der Waals surface area contributed by atoms with Crippen LogP contribution in [0.2, 0.25) is 0 Å². The molecular formula is C12H15N5O. The highest BCUT2D eigenvalue weighted by molar-refractivity contribution is 5.49. The molecule has 0 fully saturated rings. The van der Waals surface area contributed by atoms with Crippen molar-refractivity contribution >= 4 is 17.6 Å². The van der Waals surface area contributed by atoms with Gasteiger partial charge in [-0.2, -0.15) is 9.97 Å². The second-order valence-electron chi connectivity index (χ2n) is 3.70. The fourth-order valence-corrected chi connectivity index (χ4v) is 1.61. The number of anilines is 3. The topological polar surface area (TPSA) is 99.1 Å². The Bertz CT molecular complexity index is 523. The molecule has 1 heterocycles. The number of nitrogens with one attached hydrogen (secondary N) is 1. The van der Waals surface area contributed by atoms with Gasteiger partial charge in [-0.25, -0.2) is 0 Å². The van der Waals surface area contributed by atoms with Crippen molar-refractivity contribution in [1.29, 1.82) is 0 Å². The summed E-state index contributed by atoms with van der Waals surface area (Å²) in [4.78, 5) is 7.84. The summed E-state index contributed by atoms with van der Waals surface area (Å²) in [5.74, 6) is 1.90. The number of para-hydroxylation sites is 1. The van der Waals surface area contributed by atoms with Gasteiger partial charge in [0.05, 0.1) is 7.11 Å². The second kappa shape index (κ2) is 5.22. The van der Waals surface area contributed by atoms with Gasteiger partial charge >= 0.3 is 0 Å². The Labute approximate surface area is 105 Å². The Morgan fingerprint density at radius 2 is 2.00 bits per heavy atom. The van der Waals surface area contributed by atoms with E-state index in [4.69, 9.17) is 16.2 Å². The van der Waals surface area contributed by atoms with Gasteiger partial charge in [0.2, 0.25) is 5.95 Å². The lowest BCUT2D eigenvalue weighted by Gasteiger charge is -2.10. The molecule has 0 unspecified atom stereocenters. The maximum Gasteiger partial charge on any atom is 0.223 e. The molecule has 0 aliphatic rings. The predicted octanol–water partition coefficient (Wildman–Crippen LogP) is 1.26. The first-order valence-corrected chi connectivity index (χ1v) is 5.45. The first-order valence-electron chi connectivity index (χ1n) is 5.45. The summed E-state index contributed by atoms with van der Waals surface area (Å²) in [5, 5.41) is 3.13. The number of hydrogen-bond acceptors (Lipinski definition) is 6. The smallest absolute Gasteiger partial charge is 0.223 e. The minimum Gasteiger partial charge on any atom is -0.496 e. The summed E-state index contributed by atoms with van der Waals surface area (Å²) < 4.78 is 5.26. The maximum absolute atomic E-state index is 5.59. The van der Waals surface area contributed by atoms with Crippen molar-refractivity contribution in [3.8, 4) is 5.75 Å². The number of benzene rings is 1. The molecular weight excluding hydrogens is 230 g/mol. The lowest BCUT2D eigenvalue weighted by Crippen LogP contribution is -2.06. The van der Waals surface area contributed by atoms with Crippen LogP contribution in [0, 0.1) is 0 Å². The molecule has 0 bridgehead atoms. The van der Waals surface area contributed by atoms with E-state index in [1.807, 2.05) is 24.3 Å². The molecule has 6 nitrogen and oxygen atoms in total. The first-order chi connectivity index (χ1) is 8.69. The Morgan fingerprint density at radius 1 is 1.22 bits per heavy atom. The van der Waals surface area contributed by atoms with Crippen LogP contribution in [0.25, 0.3) is 0 Å². The van der Waals surface area contributed by atoms with Gasteiger partial charge < -0.3 is 21.5 Å². The summed E-state index contributed by atoms with van der Waals surface area (Å²) in [7, 11) is 1.64. The van der Waals surface area contributed by atoms with Gasteiger partial charge in [0, 0.05) is 18.2 Å². The third kappa shape index (κ3) is 2.79. The minimum absolute atomic E-state index is 0.150. The molecule has 0 saturated carbocycles. The zero-order chi connectivity index (χ0) is 13.0. The largest absolute Gasteiger partial charge is 0.496 e. The molecule has 1 aromatic heterocycles. The van der Waals surface area contributed by atoms with Crippen LogP contribution in [0.15, 0.2) is 30.3 Å². The number of ether oxygens (including phenoxy) is 1. The highest BCUT2D eigenvalue weighted by Crippen LogP contribution is 2.19. The molecule has 0 radical (unpaired) electrons. The van der Waals surface area contributed by atoms with Crippen LogP contribution in [0.3, 0.4) is 0 Å². The van der Waals surface area contributed by atoms with Crippen LogP contribution >= 0.6 is 0 Å². The number of aromatic nitrogens is 2. The fourth-order valence-electron chi connectivity index (χ4n) is 1.61. The zero-order valence-corrected chi connectivity index (χ0v) is 10.1. The Kier molecular flexibility index (Phi) is 3.47. The second-order valence-corrected chi connectivity index (χ2v) is 3.70. The normalized spacial score (nSPS) is 10.1. The molecule has 18 heavy (non-hydrogen) atoms. The molecule has 0 spiro atoms. The van der Waals surface area contributed by atoms with Crippen LogP contribution in [0.5, 0.6) is 5.75 Å². The quantitative estimate of drug-likeness (QED) is 0.750. The van der Waals surface area contributed by atoms with Crippen molar-refractivity contribution in [2.45, 2.75) is 6.54 Å². The number of nitrogens with zero attached hydrogens (tertiary/aromatic N) is 2. The summed E-state index contributed by atoms with van der Waals surface area (Å²) >= 11 is 0.